The van der Waals surface area contributed by atoms with Crippen LogP contribution in [0.5, 0.6) is 0 Å². The van der Waals surface area contributed by atoms with Crippen molar-refractivity contribution in [2.24, 2.45) is 5.92 Å². The SMILES string of the molecule is CCCC(=O)CNC(=O)C(NC(C)CC)C(C)C. The summed E-state index contributed by atoms with van der Waals surface area (Å²) in [5, 5.41) is 6.03. The first-order valence-corrected chi connectivity index (χ1v) is 6.97. The molecule has 0 aliphatic heterocycles. The first-order chi connectivity index (χ1) is 8.42. The van der Waals surface area contributed by atoms with Crippen LogP contribution in [-0.2, 0) is 9.59 Å². The molecule has 0 saturated heterocycles. The Bertz CT molecular complexity index is 265. The second-order valence-electron chi connectivity index (χ2n) is 5.20. The number of hydrogen-bond donors (Lipinski definition) is 2. The van der Waals surface area contributed by atoms with E-state index in [1.54, 1.807) is 0 Å². The Morgan fingerprint density at radius 3 is 2.17 bits per heavy atom. The van der Waals surface area contributed by atoms with Gasteiger partial charge in [0, 0.05) is 12.5 Å². The molecule has 0 radical (unpaired) electrons. The number of carbonyl (C=O) groups excluding carboxylic acids is 2. The van der Waals surface area contributed by atoms with Crippen LogP contribution in [0.15, 0.2) is 0 Å². The van der Waals surface area contributed by atoms with Gasteiger partial charge >= 0.3 is 0 Å². The summed E-state index contributed by atoms with van der Waals surface area (Å²) in [7, 11) is 0. The average Bonchev–Trinajstić information content (AvgIpc) is 2.32. The molecule has 0 aromatic carbocycles. The second-order valence-corrected chi connectivity index (χ2v) is 5.20. The first-order valence-electron chi connectivity index (χ1n) is 6.97. The Morgan fingerprint density at radius 2 is 1.72 bits per heavy atom. The fourth-order valence-corrected chi connectivity index (χ4v) is 1.66. The molecule has 4 nitrogen and oxygen atoms in total. The maximum Gasteiger partial charge on any atom is 0.237 e. The largest absolute Gasteiger partial charge is 0.348 e. The summed E-state index contributed by atoms with van der Waals surface area (Å²) in [5.41, 5.74) is 0. The van der Waals surface area contributed by atoms with Gasteiger partial charge in [0.25, 0.3) is 0 Å². The summed E-state index contributed by atoms with van der Waals surface area (Å²) in [6.45, 7) is 10.3. The van der Waals surface area contributed by atoms with Crippen LogP contribution in [0.3, 0.4) is 0 Å². The summed E-state index contributed by atoms with van der Waals surface area (Å²) < 4.78 is 0. The number of Topliss-reactive ketones (excluding diaryl/α,β-unsaturated/α-hetero) is 1. The minimum atomic E-state index is -0.227. The molecule has 0 saturated carbocycles. The Labute approximate surface area is 111 Å². The zero-order chi connectivity index (χ0) is 14.1. The average molecular weight is 256 g/mol. The van der Waals surface area contributed by atoms with Crippen LogP contribution >= 0.6 is 0 Å². The van der Waals surface area contributed by atoms with Crippen LogP contribution in [0.1, 0.15) is 53.9 Å². The number of rotatable bonds is 9. The molecule has 0 heterocycles. The third kappa shape index (κ3) is 6.74. The number of carbonyl (C=O) groups is 2. The Morgan fingerprint density at radius 1 is 1.11 bits per heavy atom. The minimum absolute atomic E-state index is 0.0743. The summed E-state index contributed by atoms with van der Waals surface area (Å²) in [6.07, 6.45) is 2.34. The lowest BCUT2D eigenvalue weighted by Gasteiger charge is -2.25. The van der Waals surface area contributed by atoms with Gasteiger partial charge in [0.05, 0.1) is 12.6 Å². The molecule has 106 valence electrons. The molecule has 18 heavy (non-hydrogen) atoms. The number of nitrogens with one attached hydrogen (secondary N) is 2. The van der Waals surface area contributed by atoms with Gasteiger partial charge in [-0.15, -0.1) is 0 Å². The summed E-state index contributed by atoms with van der Waals surface area (Å²) in [6, 6.07) is 0.0730. The lowest BCUT2D eigenvalue weighted by Crippen LogP contribution is -2.51. The molecular formula is C14H28N2O2. The standard InChI is InChI=1S/C14H28N2O2/c1-6-8-12(17)9-15-14(18)13(10(3)4)16-11(5)7-2/h10-11,13,16H,6-9H2,1-5H3,(H,15,18). The van der Waals surface area contributed by atoms with Crippen LogP contribution in [0.25, 0.3) is 0 Å². The third-order valence-electron chi connectivity index (χ3n) is 3.01. The summed E-state index contributed by atoms with van der Waals surface area (Å²) >= 11 is 0. The van der Waals surface area contributed by atoms with E-state index in [1.807, 2.05) is 20.8 Å². The van der Waals surface area contributed by atoms with Crippen molar-refractivity contribution in [1.29, 1.82) is 0 Å². The van der Waals surface area contributed by atoms with Crippen LogP contribution in [0, 0.1) is 5.92 Å². The topological polar surface area (TPSA) is 58.2 Å². The van der Waals surface area contributed by atoms with Crippen molar-refractivity contribution >= 4 is 11.7 Å². The van der Waals surface area contributed by atoms with E-state index in [2.05, 4.69) is 24.5 Å². The lowest BCUT2D eigenvalue weighted by molar-refractivity contribution is -0.127. The fourth-order valence-electron chi connectivity index (χ4n) is 1.66. The van der Waals surface area contributed by atoms with Gasteiger partial charge in [-0.3, -0.25) is 9.59 Å². The Kier molecular flexibility index (Phi) is 8.63. The number of hydrogen-bond acceptors (Lipinski definition) is 3. The van der Waals surface area contributed by atoms with E-state index in [4.69, 9.17) is 0 Å². The smallest absolute Gasteiger partial charge is 0.237 e. The van der Waals surface area contributed by atoms with Gasteiger partial charge < -0.3 is 10.6 Å². The quantitative estimate of drug-likeness (QED) is 0.662. The number of ketones is 1. The first kappa shape index (κ1) is 17.1. The zero-order valence-electron chi connectivity index (χ0n) is 12.4. The van der Waals surface area contributed by atoms with E-state index in [1.165, 1.54) is 0 Å². The molecule has 0 aromatic rings. The zero-order valence-corrected chi connectivity index (χ0v) is 12.4. The van der Waals surface area contributed by atoms with E-state index in [0.29, 0.717) is 12.5 Å². The molecule has 0 rings (SSSR count). The predicted molar refractivity (Wildman–Crippen MR) is 74.4 cm³/mol. The molecule has 0 spiro atoms. The molecule has 2 unspecified atom stereocenters. The summed E-state index contributed by atoms with van der Waals surface area (Å²) in [5.74, 6) is 0.229. The van der Waals surface area contributed by atoms with E-state index >= 15 is 0 Å². The number of amides is 1. The molecule has 0 fully saturated rings. The van der Waals surface area contributed by atoms with Gasteiger partial charge in [0.15, 0.2) is 5.78 Å². The van der Waals surface area contributed by atoms with Crippen LogP contribution in [0.2, 0.25) is 0 Å². The van der Waals surface area contributed by atoms with E-state index in [0.717, 1.165) is 12.8 Å². The van der Waals surface area contributed by atoms with Gasteiger partial charge in [-0.2, -0.15) is 0 Å². The molecule has 0 aromatic heterocycles. The lowest BCUT2D eigenvalue weighted by atomic mass is 10.0. The molecule has 0 aliphatic carbocycles. The van der Waals surface area contributed by atoms with Crippen LogP contribution < -0.4 is 10.6 Å². The normalized spacial score (nSPS) is 14.3. The van der Waals surface area contributed by atoms with Crippen molar-refractivity contribution in [3.63, 3.8) is 0 Å². The highest BCUT2D eigenvalue weighted by atomic mass is 16.2. The fraction of sp³-hybridized carbons (Fsp3) is 0.857. The van der Waals surface area contributed by atoms with Gasteiger partial charge in [-0.05, 0) is 25.7 Å². The highest BCUT2D eigenvalue weighted by Gasteiger charge is 2.23. The van der Waals surface area contributed by atoms with Gasteiger partial charge in [0.1, 0.15) is 0 Å². The van der Waals surface area contributed by atoms with Crippen molar-refractivity contribution in [3.8, 4) is 0 Å². The van der Waals surface area contributed by atoms with Crippen molar-refractivity contribution < 1.29 is 9.59 Å². The Balaban J connectivity index is 4.27. The molecule has 2 N–H and O–H groups in total. The predicted octanol–water partition coefficient (Wildman–Crippen LogP) is 1.88. The van der Waals surface area contributed by atoms with E-state index in [9.17, 15) is 9.59 Å². The molecule has 0 aliphatic rings. The van der Waals surface area contributed by atoms with Gasteiger partial charge in [0.2, 0.25) is 5.91 Å². The Hall–Kier alpha value is -0.900. The van der Waals surface area contributed by atoms with Crippen molar-refractivity contribution in [2.75, 3.05) is 6.54 Å². The monoisotopic (exact) mass is 256 g/mol. The minimum Gasteiger partial charge on any atom is -0.348 e. The van der Waals surface area contributed by atoms with E-state index in [-0.39, 0.29) is 30.2 Å². The maximum absolute atomic E-state index is 12.0. The molecule has 4 heteroatoms. The molecular weight excluding hydrogens is 228 g/mol. The third-order valence-corrected chi connectivity index (χ3v) is 3.01. The van der Waals surface area contributed by atoms with Crippen molar-refractivity contribution in [2.45, 2.75) is 66.0 Å². The van der Waals surface area contributed by atoms with Crippen LogP contribution in [-0.4, -0.2) is 30.3 Å². The van der Waals surface area contributed by atoms with E-state index < -0.39 is 0 Å². The summed E-state index contributed by atoms with van der Waals surface area (Å²) in [4.78, 5) is 23.4. The van der Waals surface area contributed by atoms with Gasteiger partial charge in [-0.1, -0.05) is 27.7 Å². The van der Waals surface area contributed by atoms with Crippen LogP contribution in [0.4, 0.5) is 0 Å². The van der Waals surface area contributed by atoms with Gasteiger partial charge in [-0.25, -0.2) is 0 Å². The van der Waals surface area contributed by atoms with Crippen molar-refractivity contribution in [1.82, 2.24) is 10.6 Å². The second kappa shape index (κ2) is 9.09. The maximum atomic E-state index is 12.0. The molecule has 2 atom stereocenters. The highest BCUT2D eigenvalue weighted by molar-refractivity contribution is 5.88. The molecule has 0 bridgehead atoms. The van der Waals surface area contributed by atoms with Crippen molar-refractivity contribution in [3.05, 3.63) is 0 Å². The highest BCUT2D eigenvalue weighted by Crippen LogP contribution is 2.04. The molecule has 1 amide bonds.